The van der Waals surface area contributed by atoms with E-state index in [1.54, 1.807) is 6.33 Å². The van der Waals surface area contributed by atoms with Gasteiger partial charge in [0.15, 0.2) is 5.82 Å². The van der Waals surface area contributed by atoms with Crippen molar-refractivity contribution in [2.24, 2.45) is 0 Å². The Labute approximate surface area is 167 Å². The van der Waals surface area contributed by atoms with Gasteiger partial charge in [-0.1, -0.05) is 20.8 Å². The number of piperazine rings is 1. The monoisotopic (exact) mass is 381 g/mol. The predicted octanol–water partition coefficient (Wildman–Crippen LogP) is 2.88. The van der Waals surface area contributed by atoms with Gasteiger partial charge < -0.3 is 14.7 Å². The minimum absolute atomic E-state index is 0.0311. The quantitative estimate of drug-likeness (QED) is 0.810. The molecule has 0 unspecified atom stereocenters. The van der Waals surface area contributed by atoms with Crippen LogP contribution in [0, 0.1) is 0 Å². The molecule has 2 aromatic heterocycles. The third kappa shape index (κ3) is 4.18. The molecular formula is C21H31N7. The van der Waals surface area contributed by atoms with Gasteiger partial charge in [-0.25, -0.2) is 9.97 Å². The molecule has 2 aromatic rings. The molecule has 0 aliphatic carbocycles. The molecule has 0 aromatic carbocycles. The molecule has 150 valence electrons. The van der Waals surface area contributed by atoms with Crippen LogP contribution in [0.4, 0.5) is 17.5 Å². The topological polar surface area (TPSA) is 61.3 Å². The maximum atomic E-state index is 4.54. The van der Waals surface area contributed by atoms with E-state index in [0.717, 1.165) is 62.4 Å². The van der Waals surface area contributed by atoms with Gasteiger partial charge in [0.2, 0.25) is 0 Å². The van der Waals surface area contributed by atoms with Crippen LogP contribution in [-0.4, -0.2) is 59.4 Å². The highest BCUT2D eigenvalue weighted by atomic mass is 15.3. The Kier molecular flexibility index (Phi) is 5.33. The van der Waals surface area contributed by atoms with Gasteiger partial charge in [-0.3, -0.25) is 0 Å². The summed E-state index contributed by atoms with van der Waals surface area (Å²) in [4.78, 5) is 16.1. The zero-order valence-corrected chi connectivity index (χ0v) is 17.3. The first-order chi connectivity index (χ1) is 13.5. The summed E-state index contributed by atoms with van der Waals surface area (Å²) >= 11 is 0. The number of rotatable bonds is 3. The van der Waals surface area contributed by atoms with Crippen LogP contribution in [0.25, 0.3) is 0 Å². The standard InChI is InChI=1S/C21H31N7/c1-21(2,3)17-7-8-18(25-24-17)27-11-13-28(14-12-27)20-15-19(22-16-23-20)26-9-5-4-6-10-26/h7-8,15-16H,4-6,9-14H2,1-3H3. The molecule has 7 heteroatoms. The minimum Gasteiger partial charge on any atom is -0.356 e. The second kappa shape index (κ2) is 7.89. The van der Waals surface area contributed by atoms with E-state index in [4.69, 9.17) is 0 Å². The van der Waals surface area contributed by atoms with E-state index in [9.17, 15) is 0 Å². The molecule has 28 heavy (non-hydrogen) atoms. The summed E-state index contributed by atoms with van der Waals surface area (Å²) in [5, 5.41) is 8.90. The number of aromatic nitrogens is 4. The van der Waals surface area contributed by atoms with Gasteiger partial charge in [0.1, 0.15) is 18.0 Å². The highest BCUT2D eigenvalue weighted by Gasteiger charge is 2.22. The Balaban J connectivity index is 1.39. The highest BCUT2D eigenvalue weighted by Crippen LogP contribution is 2.24. The second-order valence-electron chi connectivity index (χ2n) is 8.78. The van der Waals surface area contributed by atoms with E-state index in [2.05, 4.69) is 73.8 Å². The van der Waals surface area contributed by atoms with Crippen LogP contribution in [-0.2, 0) is 5.41 Å². The van der Waals surface area contributed by atoms with Gasteiger partial charge in [-0.05, 0) is 31.4 Å². The molecule has 0 bridgehead atoms. The molecule has 0 atom stereocenters. The molecule has 0 spiro atoms. The molecule has 2 aliphatic heterocycles. The van der Waals surface area contributed by atoms with Crippen LogP contribution >= 0.6 is 0 Å². The van der Waals surface area contributed by atoms with Crippen molar-refractivity contribution in [2.75, 3.05) is 54.0 Å². The Morgan fingerprint density at radius 3 is 1.79 bits per heavy atom. The first-order valence-electron chi connectivity index (χ1n) is 10.4. The third-order valence-electron chi connectivity index (χ3n) is 5.66. The second-order valence-corrected chi connectivity index (χ2v) is 8.78. The molecule has 4 heterocycles. The lowest BCUT2D eigenvalue weighted by molar-refractivity contribution is 0.556. The molecule has 0 amide bonds. The lowest BCUT2D eigenvalue weighted by Gasteiger charge is -2.36. The van der Waals surface area contributed by atoms with Crippen LogP contribution < -0.4 is 14.7 Å². The van der Waals surface area contributed by atoms with Crippen LogP contribution in [0.1, 0.15) is 45.7 Å². The summed E-state index contributed by atoms with van der Waals surface area (Å²) in [6.45, 7) is 12.4. The summed E-state index contributed by atoms with van der Waals surface area (Å²) < 4.78 is 0. The average molecular weight is 382 g/mol. The van der Waals surface area contributed by atoms with Crippen LogP contribution in [0.15, 0.2) is 24.5 Å². The minimum atomic E-state index is 0.0311. The molecule has 0 radical (unpaired) electrons. The van der Waals surface area contributed by atoms with Crippen molar-refractivity contribution in [3.8, 4) is 0 Å². The fourth-order valence-corrected chi connectivity index (χ4v) is 3.86. The lowest BCUT2D eigenvalue weighted by atomic mass is 9.92. The molecule has 2 saturated heterocycles. The largest absolute Gasteiger partial charge is 0.356 e. The Morgan fingerprint density at radius 1 is 0.679 bits per heavy atom. The molecule has 2 fully saturated rings. The van der Waals surface area contributed by atoms with Crippen molar-refractivity contribution in [1.82, 2.24) is 20.2 Å². The molecular weight excluding hydrogens is 350 g/mol. The number of nitrogens with zero attached hydrogens (tertiary/aromatic N) is 7. The van der Waals surface area contributed by atoms with E-state index >= 15 is 0 Å². The Morgan fingerprint density at radius 2 is 1.25 bits per heavy atom. The molecule has 7 nitrogen and oxygen atoms in total. The number of piperidine rings is 1. The van der Waals surface area contributed by atoms with Crippen LogP contribution in [0.3, 0.4) is 0 Å². The Bertz CT molecular complexity index is 770. The first-order valence-corrected chi connectivity index (χ1v) is 10.4. The third-order valence-corrected chi connectivity index (χ3v) is 5.66. The van der Waals surface area contributed by atoms with Gasteiger partial charge in [0, 0.05) is 50.7 Å². The van der Waals surface area contributed by atoms with Crippen molar-refractivity contribution in [3.63, 3.8) is 0 Å². The molecule has 4 rings (SSSR count). The normalized spacial score (nSPS) is 18.5. The lowest BCUT2D eigenvalue weighted by Crippen LogP contribution is -2.47. The first kappa shape index (κ1) is 18.9. The van der Waals surface area contributed by atoms with Gasteiger partial charge in [0.25, 0.3) is 0 Å². The summed E-state index contributed by atoms with van der Waals surface area (Å²) in [5.41, 5.74) is 1.06. The predicted molar refractivity (Wildman–Crippen MR) is 113 cm³/mol. The number of hydrogen-bond acceptors (Lipinski definition) is 7. The maximum Gasteiger partial charge on any atom is 0.151 e. The van der Waals surface area contributed by atoms with E-state index in [-0.39, 0.29) is 5.41 Å². The Hall–Kier alpha value is -2.44. The fraction of sp³-hybridized carbons (Fsp3) is 0.619. The molecule has 0 N–H and O–H groups in total. The average Bonchev–Trinajstić information content (AvgIpc) is 2.74. The molecule has 2 aliphatic rings. The summed E-state index contributed by atoms with van der Waals surface area (Å²) in [7, 11) is 0. The van der Waals surface area contributed by atoms with Crippen LogP contribution in [0.2, 0.25) is 0 Å². The van der Waals surface area contributed by atoms with E-state index < -0.39 is 0 Å². The maximum absolute atomic E-state index is 4.54. The van der Waals surface area contributed by atoms with Crippen molar-refractivity contribution >= 4 is 17.5 Å². The highest BCUT2D eigenvalue weighted by molar-refractivity contribution is 5.52. The summed E-state index contributed by atoms with van der Waals surface area (Å²) in [6.07, 6.45) is 5.55. The van der Waals surface area contributed by atoms with Crippen molar-refractivity contribution in [3.05, 3.63) is 30.2 Å². The van der Waals surface area contributed by atoms with E-state index in [1.807, 2.05) is 0 Å². The fourth-order valence-electron chi connectivity index (χ4n) is 3.86. The van der Waals surface area contributed by atoms with Crippen molar-refractivity contribution in [1.29, 1.82) is 0 Å². The van der Waals surface area contributed by atoms with Crippen molar-refractivity contribution < 1.29 is 0 Å². The van der Waals surface area contributed by atoms with Gasteiger partial charge in [0.05, 0.1) is 5.69 Å². The summed E-state index contributed by atoms with van der Waals surface area (Å²) in [6, 6.07) is 6.35. The van der Waals surface area contributed by atoms with Crippen molar-refractivity contribution in [2.45, 2.75) is 45.4 Å². The zero-order valence-electron chi connectivity index (χ0n) is 17.3. The summed E-state index contributed by atoms with van der Waals surface area (Å²) in [5.74, 6) is 3.06. The van der Waals surface area contributed by atoms with E-state index in [1.165, 1.54) is 19.3 Å². The van der Waals surface area contributed by atoms with E-state index in [0.29, 0.717) is 0 Å². The number of hydrogen-bond donors (Lipinski definition) is 0. The smallest absolute Gasteiger partial charge is 0.151 e. The van der Waals surface area contributed by atoms with Gasteiger partial charge in [-0.15, -0.1) is 5.10 Å². The zero-order chi connectivity index (χ0) is 19.6. The molecule has 0 saturated carbocycles. The van der Waals surface area contributed by atoms with Crippen LogP contribution in [0.5, 0.6) is 0 Å². The number of anilines is 3. The van der Waals surface area contributed by atoms with Gasteiger partial charge >= 0.3 is 0 Å². The van der Waals surface area contributed by atoms with Gasteiger partial charge in [-0.2, -0.15) is 5.10 Å². The SMILES string of the molecule is CC(C)(C)c1ccc(N2CCN(c3cc(N4CCCCC4)ncn3)CC2)nn1.